The average molecular weight is 322 g/mol. The van der Waals surface area contributed by atoms with Gasteiger partial charge in [0.15, 0.2) is 0 Å². The van der Waals surface area contributed by atoms with Crippen LogP contribution in [0.15, 0.2) is 55.1 Å². The lowest BCUT2D eigenvalue weighted by atomic mass is 9.87. The minimum atomic E-state index is 0.214. The first kappa shape index (κ1) is 18.5. The molecule has 0 heterocycles. The van der Waals surface area contributed by atoms with Crippen LogP contribution in [0.2, 0.25) is 0 Å². The molecule has 128 valence electrons. The molecule has 2 aromatic carbocycles. The van der Waals surface area contributed by atoms with Gasteiger partial charge in [-0.1, -0.05) is 88.4 Å². The van der Waals surface area contributed by atoms with Gasteiger partial charge in [-0.2, -0.15) is 0 Å². The van der Waals surface area contributed by atoms with E-state index in [0.717, 1.165) is 25.2 Å². The van der Waals surface area contributed by atoms with Gasteiger partial charge in [0.2, 0.25) is 0 Å². The first-order valence-electron chi connectivity index (χ1n) is 8.86. The van der Waals surface area contributed by atoms with Gasteiger partial charge in [0.25, 0.3) is 0 Å². The van der Waals surface area contributed by atoms with E-state index in [1.807, 2.05) is 0 Å². The Bertz CT molecular complexity index is 674. The third-order valence-electron chi connectivity index (χ3n) is 4.50. The number of rotatable bonds is 6. The van der Waals surface area contributed by atoms with E-state index in [2.05, 4.69) is 94.6 Å². The van der Waals surface area contributed by atoms with E-state index in [4.69, 9.17) is 0 Å². The minimum absolute atomic E-state index is 0.214. The van der Waals surface area contributed by atoms with Crippen LogP contribution in [0.4, 0.5) is 0 Å². The summed E-state index contributed by atoms with van der Waals surface area (Å²) in [6.45, 7) is 18.1. The van der Waals surface area contributed by atoms with Crippen molar-refractivity contribution in [3.63, 3.8) is 0 Å². The highest BCUT2D eigenvalue weighted by Crippen LogP contribution is 2.23. The van der Waals surface area contributed by atoms with Gasteiger partial charge < -0.3 is 0 Å². The Hall–Kier alpha value is -1.86. The van der Waals surface area contributed by atoms with Gasteiger partial charge in [0.05, 0.1) is 0 Å². The second-order valence-corrected chi connectivity index (χ2v) is 7.73. The summed E-state index contributed by atoms with van der Waals surface area (Å²) in [5.41, 5.74) is 6.69. The fraction of sp³-hybridized carbons (Fsp3) is 0.391. The average Bonchev–Trinajstić information content (AvgIpc) is 2.54. The van der Waals surface area contributed by atoms with Crippen molar-refractivity contribution in [1.82, 2.24) is 4.90 Å². The van der Waals surface area contributed by atoms with Crippen LogP contribution < -0.4 is 0 Å². The Morgan fingerprint density at radius 2 is 1.58 bits per heavy atom. The molecule has 0 bridgehead atoms. The summed E-state index contributed by atoms with van der Waals surface area (Å²) in [5, 5.41) is 0. The zero-order valence-electron chi connectivity index (χ0n) is 15.9. The Labute approximate surface area is 148 Å². The van der Waals surface area contributed by atoms with E-state index in [9.17, 15) is 0 Å². The summed E-state index contributed by atoms with van der Waals surface area (Å²) in [6.07, 6.45) is 0. The van der Waals surface area contributed by atoms with Crippen molar-refractivity contribution in [3.8, 4) is 0 Å². The first-order chi connectivity index (χ1) is 11.3. The van der Waals surface area contributed by atoms with Crippen LogP contribution in [0.25, 0.3) is 5.57 Å². The quantitative estimate of drug-likeness (QED) is 0.627. The molecule has 0 radical (unpaired) electrons. The predicted octanol–water partition coefficient (Wildman–Crippen LogP) is 6.04. The number of benzene rings is 2. The van der Waals surface area contributed by atoms with Crippen LogP contribution in [0.1, 0.15) is 56.9 Å². The number of hydrogen-bond acceptors (Lipinski definition) is 1. The molecule has 0 amide bonds. The van der Waals surface area contributed by atoms with Gasteiger partial charge >= 0.3 is 0 Å². The van der Waals surface area contributed by atoms with Gasteiger partial charge in [-0.05, 0) is 41.1 Å². The van der Waals surface area contributed by atoms with Crippen LogP contribution in [0.5, 0.6) is 0 Å². The summed E-state index contributed by atoms with van der Waals surface area (Å²) in [7, 11) is 0. The van der Waals surface area contributed by atoms with E-state index >= 15 is 0 Å². The fourth-order valence-corrected chi connectivity index (χ4v) is 2.84. The molecule has 2 rings (SSSR count). The Kier molecular flexibility index (Phi) is 6.01. The van der Waals surface area contributed by atoms with E-state index in [1.54, 1.807) is 0 Å². The van der Waals surface area contributed by atoms with E-state index in [0.29, 0.717) is 0 Å². The molecule has 0 unspecified atom stereocenters. The molecule has 24 heavy (non-hydrogen) atoms. The zero-order valence-corrected chi connectivity index (χ0v) is 15.9. The van der Waals surface area contributed by atoms with Crippen molar-refractivity contribution >= 4 is 5.57 Å². The SMILES string of the molecule is C=C(C)c1cccc(CN(CC)Cc2ccc(C(C)(C)C)cc2)c1. The maximum absolute atomic E-state index is 4.05. The molecule has 0 atom stereocenters. The minimum Gasteiger partial charge on any atom is -0.295 e. The van der Waals surface area contributed by atoms with Gasteiger partial charge in [0, 0.05) is 13.1 Å². The third-order valence-corrected chi connectivity index (χ3v) is 4.50. The van der Waals surface area contributed by atoms with Gasteiger partial charge in [-0.3, -0.25) is 4.90 Å². The number of allylic oxidation sites excluding steroid dienone is 1. The highest BCUT2D eigenvalue weighted by Gasteiger charge is 2.13. The molecule has 0 spiro atoms. The normalized spacial score (nSPS) is 11.8. The molecule has 1 nitrogen and oxygen atoms in total. The molecule has 0 aliphatic heterocycles. The summed E-state index contributed by atoms with van der Waals surface area (Å²) in [4.78, 5) is 2.48. The molecule has 0 saturated carbocycles. The molecule has 0 saturated heterocycles. The van der Waals surface area contributed by atoms with Crippen molar-refractivity contribution in [2.24, 2.45) is 0 Å². The van der Waals surface area contributed by atoms with Gasteiger partial charge in [-0.15, -0.1) is 0 Å². The van der Waals surface area contributed by atoms with Crippen molar-refractivity contribution in [2.75, 3.05) is 6.54 Å². The molecule has 0 aromatic heterocycles. The lowest BCUT2D eigenvalue weighted by molar-refractivity contribution is 0.271. The van der Waals surface area contributed by atoms with Crippen LogP contribution in [0.3, 0.4) is 0 Å². The van der Waals surface area contributed by atoms with Crippen LogP contribution >= 0.6 is 0 Å². The predicted molar refractivity (Wildman–Crippen MR) is 106 cm³/mol. The van der Waals surface area contributed by atoms with Crippen molar-refractivity contribution < 1.29 is 0 Å². The van der Waals surface area contributed by atoms with E-state index in [1.165, 1.54) is 22.3 Å². The lowest BCUT2D eigenvalue weighted by Gasteiger charge is -2.23. The Morgan fingerprint density at radius 3 is 2.12 bits per heavy atom. The molecule has 0 aliphatic carbocycles. The summed E-state index contributed by atoms with van der Waals surface area (Å²) < 4.78 is 0. The van der Waals surface area contributed by atoms with Crippen LogP contribution in [-0.2, 0) is 18.5 Å². The van der Waals surface area contributed by atoms with E-state index in [-0.39, 0.29) is 5.41 Å². The highest BCUT2D eigenvalue weighted by molar-refractivity contribution is 5.61. The maximum Gasteiger partial charge on any atom is 0.0237 e. The summed E-state index contributed by atoms with van der Waals surface area (Å²) in [5.74, 6) is 0. The lowest BCUT2D eigenvalue weighted by Crippen LogP contribution is -2.22. The molecule has 1 heteroatoms. The second kappa shape index (κ2) is 7.81. The largest absolute Gasteiger partial charge is 0.295 e. The number of hydrogen-bond donors (Lipinski definition) is 0. The van der Waals surface area contributed by atoms with Gasteiger partial charge in [-0.25, -0.2) is 0 Å². The topological polar surface area (TPSA) is 3.24 Å². The van der Waals surface area contributed by atoms with Gasteiger partial charge in [0.1, 0.15) is 0 Å². The fourth-order valence-electron chi connectivity index (χ4n) is 2.84. The Morgan fingerprint density at radius 1 is 0.958 bits per heavy atom. The highest BCUT2D eigenvalue weighted by atomic mass is 15.1. The monoisotopic (exact) mass is 321 g/mol. The molecule has 0 N–H and O–H groups in total. The smallest absolute Gasteiger partial charge is 0.0237 e. The van der Waals surface area contributed by atoms with Crippen LogP contribution in [-0.4, -0.2) is 11.4 Å². The van der Waals surface area contributed by atoms with Crippen molar-refractivity contribution in [3.05, 3.63) is 77.4 Å². The second-order valence-electron chi connectivity index (χ2n) is 7.73. The zero-order chi connectivity index (χ0) is 17.7. The summed E-state index contributed by atoms with van der Waals surface area (Å²) in [6, 6.07) is 17.8. The molecule has 2 aromatic rings. The van der Waals surface area contributed by atoms with E-state index < -0.39 is 0 Å². The third kappa shape index (κ3) is 5.07. The standard InChI is InChI=1S/C23H31N/c1-7-24(17-20-9-8-10-21(15-20)18(2)3)16-19-11-13-22(14-12-19)23(4,5)6/h8-15H,2,7,16-17H2,1,3-6H3. The molecule has 0 fully saturated rings. The van der Waals surface area contributed by atoms with Crippen molar-refractivity contribution in [2.45, 2.75) is 53.1 Å². The van der Waals surface area contributed by atoms with Crippen LogP contribution in [0, 0.1) is 0 Å². The molecular formula is C23H31N. The Balaban J connectivity index is 2.07. The van der Waals surface area contributed by atoms with Crippen molar-refractivity contribution in [1.29, 1.82) is 0 Å². The first-order valence-corrected chi connectivity index (χ1v) is 8.86. The number of nitrogens with zero attached hydrogens (tertiary/aromatic N) is 1. The molecule has 0 aliphatic rings. The molecular weight excluding hydrogens is 290 g/mol. The summed E-state index contributed by atoms with van der Waals surface area (Å²) >= 11 is 0. The maximum atomic E-state index is 4.05.